The summed E-state index contributed by atoms with van der Waals surface area (Å²) in [7, 11) is 0. The van der Waals surface area contributed by atoms with Gasteiger partial charge in [-0.1, -0.05) is 17.7 Å². The Bertz CT molecular complexity index is 404. The average molecular weight is 286 g/mol. The second-order valence-corrected chi connectivity index (χ2v) is 5.82. The summed E-state index contributed by atoms with van der Waals surface area (Å²) < 4.78 is 0. The Kier molecular flexibility index (Phi) is 4.63. The Hall–Kier alpha value is -0.870. The summed E-state index contributed by atoms with van der Waals surface area (Å²) in [5.41, 5.74) is 0. The number of hydrogen-bond acceptors (Lipinski definition) is 2. The predicted octanol–water partition coefficient (Wildman–Crippen LogP) is 0.429. The summed E-state index contributed by atoms with van der Waals surface area (Å²) in [4.78, 5) is 27.4. The van der Waals surface area contributed by atoms with Crippen LogP contribution in [0.3, 0.4) is 0 Å². The molecular formula is C14H22ClN2O2+. The number of imide groups is 1. The van der Waals surface area contributed by atoms with E-state index in [9.17, 15) is 9.59 Å². The Balaban J connectivity index is 2.00. The number of amides is 2. The molecule has 1 saturated heterocycles. The lowest BCUT2D eigenvalue weighted by Crippen LogP contribution is -3.12. The zero-order valence-electron chi connectivity index (χ0n) is 11.6. The van der Waals surface area contributed by atoms with E-state index in [2.05, 4.69) is 13.8 Å². The molecular weight excluding hydrogens is 264 g/mol. The predicted molar refractivity (Wildman–Crippen MR) is 73.8 cm³/mol. The van der Waals surface area contributed by atoms with E-state index in [0.29, 0.717) is 19.4 Å². The van der Waals surface area contributed by atoms with Gasteiger partial charge in [0.1, 0.15) is 0 Å². The number of halogens is 1. The maximum absolute atomic E-state index is 12.3. The lowest BCUT2D eigenvalue weighted by atomic mass is 9.85. The molecule has 2 atom stereocenters. The third kappa shape index (κ3) is 2.84. The van der Waals surface area contributed by atoms with Crippen molar-refractivity contribution < 1.29 is 14.5 Å². The number of hydrogen-bond donors (Lipinski definition) is 1. The molecule has 0 aromatic rings. The molecule has 0 unspecified atom stereocenters. The van der Waals surface area contributed by atoms with E-state index in [1.165, 1.54) is 9.80 Å². The van der Waals surface area contributed by atoms with Crippen molar-refractivity contribution in [3.63, 3.8) is 0 Å². The topological polar surface area (TPSA) is 41.8 Å². The molecule has 0 spiro atoms. The van der Waals surface area contributed by atoms with Crippen LogP contribution in [0.2, 0.25) is 0 Å². The molecule has 106 valence electrons. The van der Waals surface area contributed by atoms with Crippen molar-refractivity contribution in [1.29, 1.82) is 0 Å². The van der Waals surface area contributed by atoms with Crippen LogP contribution in [-0.2, 0) is 9.59 Å². The van der Waals surface area contributed by atoms with Crippen molar-refractivity contribution in [2.24, 2.45) is 11.8 Å². The molecule has 5 heteroatoms. The van der Waals surface area contributed by atoms with Crippen molar-refractivity contribution in [1.82, 2.24) is 4.90 Å². The molecule has 4 nitrogen and oxygen atoms in total. The van der Waals surface area contributed by atoms with E-state index in [1.807, 2.05) is 6.08 Å². The quantitative estimate of drug-likeness (QED) is 0.745. The molecule has 2 rings (SSSR count). The minimum Gasteiger partial charge on any atom is -0.334 e. The number of allylic oxidation sites excluding steroid dienone is 2. The summed E-state index contributed by atoms with van der Waals surface area (Å²) in [6, 6.07) is 0. The van der Waals surface area contributed by atoms with Crippen LogP contribution in [0.15, 0.2) is 11.1 Å². The smallest absolute Gasteiger partial charge is 0.233 e. The van der Waals surface area contributed by atoms with Gasteiger partial charge in [0, 0.05) is 5.03 Å². The molecule has 1 N–H and O–H groups in total. The first-order valence-electron chi connectivity index (χ1n) is 7.11. The lowest BCUT2D eigenvalue weighted by molar-refractivity contribution is -0.895. The third-order valence-corrected chi connectivity index (χ3v) is 4.66. The van der Waals surface area contributed by atoms with Gasteiger partial charge in [0.2, 0.25) is 11.8 Å². The van der Waals surface area contributed by atoms with Crippen molar-refractivity contribution in [3.05, 3.63) is 11.1 Å². The summed E-state index contributed by atoms with van der Waals surface area (Å²) >= 11 is 5.99. The van der Waals surface area contributed by atoms with Gasteiger partial charge >= 0.3 is 0 Å². The van der Waals surface area contributed by atoms with Crippen molar-refractivity contribution in [2.75, 3.05) is 26.2 Å². The number of carbonyl (C=O) groups excluding carboxylic acids is 2. The van der Waals surface area contributed by atoms with Crippen LogP contribution in [0.1, 0.15) is 26.7 Å². The molecule has 2 aliphatic rings. The van der Waals surface area contributed by atoms with Gasteiger partial charge in [0.05, 0.1) is 38.0 Å². The fourth-order valence-corrected chi connectivity index (χ4v) is 3.25. The molecule has 2 amide bonds. The number of likely N-dealkylation sites (N-methyl/N-ethyl adjacent to an activating group) is 1. The number of nitrogens with one attached hydrogen (secondary N) is 1. The first-order chi connectivity index (χ1) is 9.08. The van der Waals surface area contributed by atoms with Gasteiger partial charge in [0.25, 0.3) is 0 Å². The van der Waals surface area contributed by atoms with Crippen molar-refractivity contribution in [2.45, 2.75) is 26.7 Å². The number of rotatable bonds is 5. The highest BCUT2D eigenvalue weighted by molar-refractivity contribution is 6.30. The van der Waals surface area contributed by atoms with E-state index in [-0.39, 0.29) is 23.7 Å². The van der Waals surface area contributed by atoms with Gasteiger partial charge in [0.15, 0.2) is 0 Å². The van der Waals surface area contributed by atoms with Gasteiger partial charge in [-0.25, -0.2) is 0 Å². The maximum atomic E-state index is 12.3. The molecule has 1 fully saturated rings. The van der Waals surface area contributed by atoms with Crippen LogP contribution >= 0.6 is 11.6 Å². The molecule has 0 saturated carbocycles. The third-order valence-electron chi connectivity index (χ3n) is 4.35. The standard InChI is InChI=1S/C14H21ClN2O2/c1-3-16(4-2)7-8-17-13(18)11-6-5-10(15)9-12(11)14(17)19/h5,11-12H,3-4,6-9H2,1-2H3/p+1/t11-,12+/m0/s1. The first kappa shape index (κ1) is 14.5. The monoisotopic (exact) mass is 285 g/mol. The van der Waals surface area contributed by atoms with E-state index in [0.717, 1.165) is 24.7 Å². The normalized spacial score (nSPS) is 26.9. The van der Waals surface area contributed by atoms with Crippen molar-refractivity contribution in [3.8, 4) is 0 Å². The van der Waals surface area contributed by atoms with E-state index >= 15 is 0 Å². The molecule has 1 heterocycles. The van der Waals surface area contributed by atoms with Gasteiger partial charge in [-0.05, 0) is 26.7 Å². The fourth-order valence-electron chi connectivity index (χ4n) is 2.99. The summed E-state index contributed by atoms with van der Waals surface area (Å²) in [5.74, 6) is -0.395. The van der Waals surface area contributed by atoms with Crippen LogP contribution in [0.4, 0.5) is 0 Å². The first-order valence-corrected chi connectivity index (χ1v) is 7.49. The van der Waals surface area contributed by atoms with Crippen LogP contribution in [0.5, 0.6) is 0 Å². The Morgan fingerprint density at radius 2 is 1.89 bits per heavy atom. The fraction of sp³-hybridized carbons (Fsp3) is 0.714. The second kappa shape index (κ2) is 6.06. The molecule has 1 aliphatic carbocycles. The molecule has 1 aliphatic heterocycles. The Morgan fingerprint density at radius 3 is 2.53 bits per heavy atom. The summed E-state index contributed by atoms with van der Waals surface area (Å²) in [6.07, 6.45) is 3.03. The van der Waals surface area contributed by atoms with Crippen LogP contribution in [0, 0.1) is 11.8 Å². The number of carbonyl (C=O) groups is 2. The Labute approximate surface area is 119 Å². The maximum Gasteiger partial charge on any atom is 0.233 e. The average Bonchev–Trinajstić information content (AvgIpc) is 2.64. The lowest BCUT2D eigenvalue weighted by Gasteiger charge is -2.19. The van der Waals surface area contributed by atoms with Crippen LogP contribution < -0.4 is 4.90 Å². The highest BCUT2D eigenvalue weighted by Gasteiger charge is 2.48. The second-order valence-electron chi connectivity index (χ2n) is 5.34. The molecule has 0 aromatic heterocycles. The van der Waals surface area contributed by atoms with Gasteiger partial charge in [-0.15, -0.1) is 0 Å². The zero-order chi connectivity index (χ0) is 14.0. The number of quaternary nitrogens is 1. The van der Waals surface area contributed by atoms with E-state index in [1.54, 1.807) is 0 Å². The Morgan fingerprint density at radius 1 is 1.26 bits per heavy atom. The highest BCUT2D eigenvalue weighted by Crippen LogP contribution is 2.38. The molecule has 0 bridgehead atoms. The van der Waals surface area contributed by atoms with Crippen molar-refractivity contribution >= 4 is 23.4 Å². The van der Waals surface area contributed by atoms with E-state index in [4.69, 9.17) is 11.6 Å². The zero-order valence-corrected chi connectivity index (χ0v) is 12.4. The van der Waals surface area contributed by atoms with Crippen LogP contribution in [0.25, 0.3) is 0 Å². The highest BCUT2D eigenvalue weighted by atomic mass is 35.5. The number of likely N-dealkylation sites (tertiary alicyclic amines) is 1. The number of fused-ring (bicyclic) bond motifs is 1. The minimum atomic E-state index is -0.211. The molecule has 19 heavy (non-hydrogen) atoms. The van der Waals surface area contributed by atoms with Gasteiger partial charge in [-0.2, -0.15) is 0 Å². The van der Waals surface area contributed by atoms with Crippen LogP contribution in [-0.4, -0.2) is 42.9 Å². The minimum absolute atomic E-state index is 0.00183. The van der Waals surface area contributed by atoms with E-state index < -0.39 is 0 Å². The summed E-state index contributed by atoms with van der Waals surface area (Å²) in [5, 5.41) is 0.721. The molecule has 0 radical (unpaired) electrons. The molecule has 0 aromatic carbocycles. The largest absolute Gasteiger partial charge is 0.334 e. The van der Waals surface area contributed by atoms with Gasteiger partial charge < -0.3 is 4.90 Å². The number of nitrogens with zero attached hydrogens (tertiary/aromatic N) is 1. The SMILES string of the molecule is CC[NH+](CC)CCN1C(=O)[C@H]2CC=C(Cl)C[C@H]2C1=O. The van der Waals surface area contributed by atoms with Gasteiger partial charge in [-0.3, -0.25) is 14.5 Å². The summed E-state index contributed by atoms with van der Waals surface area (Å²) in [6.45, 7) is 7.66.